The van der Waals surface area contributed by atoms with Gasteiger partial charge in [-0.2, -0.15) is 0 Å². The molecule has 1 atom stereocenters. The smallest absolute Gasteiger partial charge is 0.0577 e. The van der Waals surface area contributed by atoms with E-state index in [4.69, 9.17) is 0 Å². The quantitative estimate of drug-likeness (QED) is 0.611. The molecule has 0 amide bonds. The lowest BCUT2D eigenvalue weighted by Crippen LogP contribution is -2.22. The Morgan fingerprint density at radius 3 is 2.38 bits per heavy atom. The fourth-order valence-corrected chi connectivity index (χ4v) is 3.27. The zero-order chi connectivity index (χ0) is 14.7. The number of rotatable bonds is 4. The van der Waals surface area contributed by atoms with Gasteiger partial charge in [-0.1, -0.05) is 55.5 Å². The largest absolute Gasteiger partial charge is 0.307 e. The fourth-order valence-electron chi connectivity index (χ4n) is 2.71. The van der Waals surface area contributed by atoms with Crippen molar-refractivity contribution in [2.75, 3.05) is 6.54 Å². The molecule has 21 heavy (non-hydrogen) atoms. The first-order valence-electron chi connectivity index (χ1n) is 7.25. The molecule has 0 aromatic heterocycles. The van der Waals surface area contributed by atoms with Crippen LogP contribution in [0.3, 0.4) is 0 Å². The molecule has 1 unspecified atom stereocenters. The Balaban J connectivity index is 2.06. The summed E-state index contributed by atoms with van der Waals surface area (Å²) in [6, 6.07) is 24.2. The van der Waals surface area contributed by atoms with Crippen molar-refractivity contribution in [3.8, 4) is 0 Å². The molecule has 0 aliphatic carbocycles. The molecule has 2 heteroatoms. The van der Waals surface area contributed by atoms with Gasteiger partial charge in [0.2, 0.25) is 0 Å². The molecule has 1 nitrogen and oxygen atoms in total. The third-order valence-corrected chi connectivity index (χ3v) is 4.37. The lowest BCUT2D eigenvalue weighted by Gasteiger charge is -2.20. The summed E-state index contributed by atoms with van der Waals surface area (Å²) in [4.78, 5) is 0. The van der Waals surface area contributed by atoms with Crippen molar-refractivity contribution in [2.45, 2.75) is 13.0 Å². The lowest BCUT2D eigenvalue weighted by atomic mass is 9.96. The first-order valence-corrected chi connectivity index (χ1v) is 8.33. The summed E-state index contributed by atoms with van der Waals surface area (Å²) in [6.45, 7) is 3.10. The van der Waals surface area contributed by atoms with Gasteiger partial charge in [0.25, 0.3) is 0 Å². The number of fused-ring (bicyclic) bond motifs is 1. The maximum Gasteiger partial charge on any atom is 0.0577 e. The van der Waals surface area contributed by atoms with Crippen LogP contribution in [-0.4, -0.2) is 6.54 Å². The molecule has 0 bridgehead atoms. The van der Waals surface area contributed by atoms with Crippen LogP contribution >= 0.6 is 22.6 Å². The Labute approximate surface area is 139 Å². The Bertz CT molecular complexity index is 751. The Hall–Kier alpha value is -1.39. The van der Waals surface area contributed by atoms with E-state index in [0.29, 0.717) is 0 Å². The zero-order valence-electron chi connectivity index (χ0n) is 12.0. The van der Waals surface area contributed by atoms with Crippen LogP contribution < -0.4 is 5.32 Å². The first-order chi connectivity index (χ1) is 10.3. The van der Waals surface area contributed by atoms with E-state index in [-0.39, 0.29) is 6.04 Å². The van der Waals surface area contributed by atoms with E-state index >= 15 is 0 Å². The van der Waals surface area contributed by atoms with Gasteiger partial charge < -0.3 is 5.32 Å². The van der Waals surface area contributed by atoms with Crippen LogP contribution in [0.5, 0.6) is 0 Å². The van der Waals surface area contributed by atoms with Crippen molar-refractivity contribution >= 4 is 33.4 Å². The maximum atomic E-state index is 3.60. The number of halogens is 1. The topological polar surface area (TPSA) is 12.0 Å². The van der Waals surface area contributed by atoms with E-state index < -0.39 is 0 Å². The normalized spacial score (nSPS) is 12.5. The van der Waals surface area contributed by atoms with E-state index in [0.717, 1.165) is 6.54 Å². The van der Waals surface area contributed by atoms with Gasteiger partial charge in [0, 0.05) is 3.57 Å². The van der Waals surface area contributed by atoms with E-state index in [1.165, 1.54) is 25.5 Å². The van der Waals surface area contributed by atoms with Crippen molar-refractivity contribution in [1.29, 1.82) is 0 Å². The molecule has 0 saturated heterocycles. The van der Waals surface area contributed by atoms with Crippen LogP contribution in [0, 0.1) is 3.57 Å². The molecule has 3 aromatic rings. The standard InChI is InChI=1S/C19H18IN/c1-2-21-19(16-8-5-9-18(20)13-16)17-11-10-14-6-3-4-7-15(14)12-17/h3-13,19,21H,2H2,1H3. The van der Waals surface area contributed by atoms with Crippen LogP contribution in [0.25, 0.3) is 10.8 Å². The van der Waals surface area contributed by atoms with Crippen LogP contribution in [0.1, 0.15) is 24.1 Å². The van der Waals surface area contributed by atoms with Gasteiger partial charge in [-0.05, 0) is 69.2 Å². The number of hydrogen-bond acceptors (Lipinski definition) is 1. The molecule has 0 aliphatic heterocycles. The van der Waals surface area contributed by atoms with E-state index in [2.05, 4.69) is 102 Å². The summed E-state index contributed by atoms with van der Waals surface area (Å²) >= 11 is 2.37. The highest BCUT2D eigenvalue weighted by atomic mass is 127. The van der Waals surface area contributed by atoms with Crippen LogP contribution in [0.4, 0.5) is 0 Å². The second-order valence-electron chi connectivity index (χ2n) is 5.15. The van der Waals surface area contributed by atoms with E-state index in [1.54, 1.807) is 0 Å². The van der Waals surface area contributed by atoms with Crippen molar-refractivity contribution in [3.63, 3.8) is 0 Å². The monoisotopic (exact) mass is 387 g/mol. The van der Waals surface area contributed by atoms with Crippen molar-refractivity contribution in [1.82, 2.24) is 5.32 Å². The number of nitrogens with one attached hydrogen (secondary N) is 1. The van der Waals surface area contributed by atoms with Gasteiger partial charge in [-0.25, -0.2) is 0 Å². The SMILES string of the molecule is CCNC(c1cccc(I)c1)c1ccc2ccccc2c1. The molecule has 1 N–H and O–H groups in total. The molecule has 0 heterocycles. The minimum absolute atomic E-state index is 0.245. The lowest BCUT2D eigenvalue weighted by molar-refractivity contribution is 0.631. The summed E-state index contributed by atoms with van der Waals surface area (Å²) in [7, 11) is 0. The van der Waals surface area contributed by atoms with Crippen LogP contribution in [0.15, 0.2) is 66.7 Å². The predicted molar refractivity (Wildman–Crippen MR) is 98.6 cm³/mol. The molecule has 3 aromatic carbocycles. The average molecular weight is 387 g/mol. The molecule has 0 fully saturated rings. The highest BCUT2D eigenvalue weighted by Gasteiger charge is 2.13. The second kappa shape index (κ2) is 6.58. The number of benzene rings is 3. The summed E-state index contributed by atoms with van der Waals surface area (Å²) in [5, 5.41) is 6.19. The van der Waals surface area contributed by atoms with E-state index in [1.807, 2.05) is 0 Å². The predicted octanol–water partition coefficient (Wildman–Crippen LogP) is 5.14. The molecule has 3 rings (SSSR count). The molecule has 0 saturated carbocycles. The average Bonchev–Trinajstić information content (AvgIpc) is 2.52. The Morgan fingerprint density at radius 2 is 1.62 bits per heavy atom. The number of hydrogen-bond donors (Lipinski definition) is 1. The van der Waals surface area contributed by atoms with Gasteiger partial charge in [0.05, 0.1) is 6.04 Å². The highest BCUT2D eigenvalue weighted by molar-refractivity contribution is 14.1. The third kappa shape index (κ3) is 3.27. The van der Waals surface area contributed by atoms with Crippen molar-refractivity contribution < 1.29 is 0 Å². The fraction of sp³-hybridized carbons (Fsp3) is 0.158. The molecule has 0 spiro atoms. The summed E-state index contributed by atoms with van der Waals surface area (Å²) in [5.41, 5.74) is 2.64. The minimum atomic E-state index is 0.245. The first kappa shape index (κ1) is 14.5. The third-order valence-electron chi connectivity index (χ3n) is 3.70. The Morgan fingerprint density at radius 1 is 0.857 bits per heavy atom. The van der Waals surface area contributed by atoms with Crippen LogP contribution in [-0.2, 0) is 0 Å². The molecular formula is C19H18IN. The molecule has 106 valence electrons. The van der Waals surface area contributed by atoms with Crippen LogP contribution in [0.2, 0.25) is 0 Å². The highest BCUT2D eigenvalue weighted by Crippen LogP contribution is 2.26. The van der Waals surface area contributed by atoms with Gasteiger partial charge in [-0.15, -0.1) is 0 Å². The second-order valence-corrected chi connectivity index (χ2v) is 6.40. The van der Waals surface area contributed by atoms with Gasteiger partial charge in [0.1, 0.15) is 0 Å². The zero-order valence-corrected chi connectivity index (χ0v) is 14.2. The Kier molecular flexibility index (Phi) is 4.56. The van der Waals surface area contributed by atoms with E-state index in [9.17, 15) is 0 Å². The molecule has 0 aliphatic rings. The van der Waals surface area contributed by atoms with Crippen molar-refractivity contribution in [2.24, 2.45) is 0 Å². The molecular weight excluding hydrogens is 369 g/mol. The van der Waals surface area contributed by atoms with Gasteiger partial charge in [0.15, 0.2) is 0 Å². The maximum absolute atomic E-state index is 3.60. The summed E-state index contributed by atoms with van der Waals surface area (Å²) in [5.74, 6) is 0. The van der Waals surface area contributed by atoms with Gasteiger partial charge in [-0.3, -0.25) is 0 Å². The summed E-state index contributed by atoms with van der Waals surface area (Å²) < 4.78 is 1.27. The summed E-state index contributed by atoms with van der Waals surface area (Å²) in [6.07, 6.45) is 0. The van der Waals surface area contributed by atoms with Gasteiger partial charge >= 0.3 is 0 Å². The van der Waals surface area contributed by atoms with Crippen molar-refractivity contribution in [3.05, 3.63) is 81.4 Å². The molecule has 0 radical (unpaired) electrons. The minimum Gasteiger partial charge on any atom is -0.307 e.